The molecule has 3 N–H and O–H groups in total. The summed E-state index contributed by atoms with van der Waals surface area (Å²) in [6, 6.07) is 33.4. The van der Waals surface area contributed by atoms with Crippen LogP contribution in [-0.4, -0.2) is 198 Å². The smallest absolute Gasteiger partial charge is 1.00 e. The zero-order chi connectivity index (χ0) is 95.5. The van der Waals surface area contributed by atoms with Crippen molar-refractivity contribution in [2.45, 2.75) is 116 Å². The van der Waals surface area contributed by atoms with Gasteiger partial charge in [-0.3, -0.25) is 47.2 Å². The molecule has 2 saturated heterocycles. The third-order valence-electron chi connectivity index (χ3n) is 16.5. The number of aliphatic hydroxyl groups is 1. The number of aromatic amines is 1. The van der Waals surface area contributed by atoms with E-state index in [-0.39, 0.29) is 224 Å². The van der Waals surface area contributed by atoms with Crippen LogP contribution in [0.3, 0.4) is 0 Å². The van der Waals surface area contributed by atoms with E-state index in [2.05, 4.69) is 157 Å². The van der Waals surface area contributed by atoms with Crippen LogP contribution in [0.5, 0.6) is 0 Å². The Kier molecular flexibility index (Phi) is 74.8. The molecule has 0 radical (unpaired) electrons. The summed E-state index contributed by atoms with van der Waals surface area (Å²) >= 11 is 64.4. The number of carbonyl (C=O) groups excluding carboxylic acids is 3. The zero-order valence-corrected chi connectivity index (χ0v) is 98.1. The fourth-order valence-corrected chi connectivity index (χ4v) is 13.0. The first-order chi connectivity index (χ1) is 60.0. The molecule has 2 aliphatic rings. The average molecular weight is 2420 g/mol. The Bertz CT molecular complexity index is 5210. The number of aromatic nitrogens is 12. The molecule has 0 bridgehead atoms. The molecule has 32 nitrogen and oxygen atoms in total. The van der Waals surface area contributed by atoms with Crippen LogP contribution in [0.25, 0.3) is 0 Å². The van der Waals surface area contributed by atoms with Gasteiger partial charge in [0.15, 0.2) is 0 Å². The molecule has 0 aliphatic carbocycles. The molecule has 131 heavy (non-hydrogen) atoms. The number of alkyl halides is 2. The Morgan fingerprint density at radius 3 is 1.31 bits per heavy atom. The van der Waals surface area contributed by atoms with Gasteiger partial charge < -0.3 is 65.2 Å². The summed E-state index contributed by atoms with van der Waals surface area (Å²) in [6.07, 6.45) is 22.1. The number of nitrogens with zero attached hydrogens (tertiary/aromatic N) is 17. The molecule has 2 aliphatic heterocycles. The van der Waals surface area contributed by atoms with E-state index in [1.54, 1.807) is 106 Å². The van der Waals surface area contributed by atoms with E-state index in [0.717, 1.165) is 79.1 Å². The Morgan fingerprint density at radius 2 is 0.992 bits per heavy atom. The maximum atomic E-state index is 11.2. The molecule has 0 saturated carbocycles. The van der Waals surface area contributed by atoms with Gasteiger partial charge in [0.25, 0.3) is 16.6 Å². The number of esters is 2. The van der Waals surface area contributed by atoms with Crippen molar-refractivity contribution in [3.05, 3.63) is 232 Å². The maximum absolute atomic E-state index is 11.2. The zero-order valence-electron chi connectivity index (χ0n) is 75.0. The van der Waals surface area contributed by atoms with E-state index in [1.807, 2.05) is 102 Å². The Hall–Kier alpha value is -2.28. The Labute approximate surface area is 967 Å². The van der Waals surface area contributed by atoms with E-state index >= 15 is 0 Å². The molecular formula is C80H98BrCl11I2K2N19NaO13S2. The predicted molar refractivity (Wildman–Crippen MR) is 511 cm³/mol. The summed E-state index contributed by atoms with van der Waals surface area (Å²) in [6.45, 7) is 23.5. The largest absolute Gasteiger partial charge is 1.00 e. The van der Waals surface area contributed by atoms with E-state index < -0.39 is 25.2 Å². The molecule has 2 fully saturated rings. The second-order valence-corrected chi connectivity index (χ2v) is 37.8. The first-order valence-corrected chi connectivity index (χ1v) is 48.8. The summed E-state index contributed by atoms with van der Waals surface area (Å²) in [5.74, 6) is -0.505. The first kappa shape index (κ1) is 133. The van der Waals surface area contributed by atoms with Crippen molar-refractivity contribution in [1.82, 2.24) is 69.3 Å². The van der Waals surface area contributed by atoms with Gasteiger partial charge in [-0.25, -0.2) is 13.2 Å². The van der Waals surface area contributed by atoms with Crippen LogP contribution in [0.15, 0.2) is 159 Å². The standard InChI is InChI=1S/C23H22Cl3N5.C17H15Cl2N3.C8H11ClN2O2.C7H11ClN2O3S.C6H8ClIN2.C6H9ClN2O.C5H9BrO2.C3H3ClN2.C3H5N.CH3ClO2S.CH2O3.HI.2K.Na.H/c1-16(31-14-20(25)12-28-31)13-29-8-9-30(22-7-2-17(11-27)10-21(22)26)23(15-29)18-3-5-19(24)6-4-18;18-14-4-2-13(3-5-14)17-11-21-7-8-22(17)16-6-1-12(10-20)9-15(16)19;1-3-13-8(12)6(2)11-5-7(9)4-10-11;1-6(5-13-14(2,11)12)10-4-7(8)3-9-10;1-5(2-8)10-4-6(7)3-9-10;1-5(4-10)9-3-6(7)2-8-9;1-3-8-5(7)4(2)6;4-3-1-5-6-2-3;1-2-3-4;1-5(2,3)4;2-1-4-3;;;;;/h2-7,10,12,14,16,23H,8-9,13,15H2,1H3;1-6,9,17,21H,7-8,11H2;4-6H,3H2,1-2H3;3-4,6H,5H2,1-2H3;3-5H,2H2,1H3;2-3,5,10H,4H2,1H3;4H,3H2,1-2H3;1-2H,(H,5,6);2H2,1H3;1H3;1,3H;1H;;;;/q;;;;;;;;;;;;3*+1;-1/p-2/t16?,23-;17-;;;;;;;;;;;;;;/m00............../s1. The second-order valence-electron chi connectivity index (χ2n) is 26.6. The number of nitrogens with one attached hydrogen (secondary N) is 2. The summed E-state index contributed by atoms with van der Waals surface area (Å²) in [4.78, 5) is 39.8. The number of anilines is 2. The van der Waals surface area contributed by atoms with Crippen molar-refractivity contribution in [3.63, 3.8) is 0 Å². The number of benzene rings is 4. The number of hydrogen-bond acceptors (Lipinski definition) is 26. The fraction of sp³-hybridized carbons (Fsp3) is 0.400. The van der Waals surface area contributed by atoms with Crippen LogP contribution in [0.2, 0.25) is 50.2 Å². The van der Waals surface area contributed by atoms with Crippen LogP contribution in [-0.2, 0) is 52.1 Å². The number of rotatable bonds is 21. The summed E-state index contributed by atoms with van der Waals surface area (Å²) in [5.41, 5.74) is 5.39. The van der Waals surface area contributed by atoms with Crippen LogP contribution in [0.4, 0.5) is 11.4 Å². The van der Waals surface area contributed by atoms with Gasteiger partial charge >= 0.3 is 144 Å². The van der Waals surface area contributed by atoms with Crippen molar-refractivity contribution < 1.29 is 218 Å². The van der Waals surface area contributed by atoms with Crippen LogP contribution >= 0.6 is 165 Å². The van der Waals surface area contributed by atoms with Crippen molar-refractivity contribution in [2.75, 3.05) is 99.0 Å². The van der Waals surface area contributed by atoms with Crippen LogP contribution in [0, 0.1) is 34.0 Å². The van der Waals surface area contributed by atoms with Gasteiger partial charge in [-0.15, -0.1) is 0 Å². The number of carbonyl (C=O) groups is 3. The number of hydrogen-bond donors (Lipinski definition) is 3. The maximum Gasteiger partial charge on any atom is 1.00 e. The summed E-state index contributed by atoms with van der Waals surface area (Å²) in [5, 5.41) is 78.8. The third-order valence-corrected chi connectivity index (χ3v) is 21.0. The van der Waals surface area contributed by atoms with Gasteiger partial charge in [0.2, 0.25) is 9.05 Å². The molecular weight excluding hydrogens is 2320 g/mol. The van der Waals surface area contributed by atoms with E-state index in [4.69, 9.17) is 146 Å². The number of aliphatic hydroxyl groups excluding tert-OH is 1. The minimum absolute atomic E-state index is 0. The van der Waals surface area contributed by atoms with Crippen LogP contribution in [0.1, 0.15) is 135 Å². The van der Waals surface area contributed by atoms with Crippen molar-refractivity contribution in [2.24, 2.45) is 0 Å². The van der Waals surface area contributed by atoms with Gasteiger partial charge in [-0.05, 0) is 127 Å². The van der Waals surface area contributed by atoms with Gasteiger partial charge in [0.05, 0.1) is 193 Å². The van der Waals surface area contributed by atoms with Gasteiger partial charge in [-0.2, -0.15) is 54.8 Å². The van der Waals surface area contributed by atoms with Gasteiger partial charge in [-0.1, -0.05) is 186 Å². The van der Waals surface area contributed by atoms with Crippen molar-refractivity contribution >= 4 is 214 Å². The van der Waals surface area contributed by atoms with Crippen molar-refractivity contribution in [3.8, 4) is 18.2 Å². The molecule has 6 unspecified atom stereocenters. The minimum atomic E-state index is -3.39. The summed E-state index contributed by atoms with van der Waals surface area (Å²) < 4.78 is 63.7. The molecule has 0 spiro atoms. The Balaban J connectivity index is -0.000000723. The molecule has 51 heteroatoms. The van der Waals surface area contributed by atoms with Crippen molar-refractivity contribution in [1.29, 1.82) is 15.8 Å². The van der Waals surface area contributed by atoms with E-state index in [0.29, 0.717) is 82.0 Å². The normalized spacial score (nSPS) is 14.1. The molecule has 6 aromatic heterocycles. The molecule has 8 atom stereocenters. The molecule has 4 aromatic carbocycles. The number of piperazine rings is 2. The summed E-state index contributed by atoms with van der Waals surface area (Å²) in [7, 11) is -2.09. The molecule has 10 aromatic rings. The van der Waals surface area contributed by atoms with Gasteiger partial charge in [0.1, 0.15) is 10.9 Å². The number of halogens is 14. The van der Waals surface area contributed by atoms with Crippen LogP contribution < -0.4 is 177 Å². The predicted octanol–water partition coefficient (Wildman–Crippen LogP) is 6.28. The molecule has 0 amide bonds. The monoisotopic (exact) mass is 2420 g/mol. The topological polar surface area (TPSA) is 411 Å². The van der Waals surface area contributed by atoms with E-state index in [1.165, 1.54) is 28.2 Å². The second kappa shape index (κ2) is 73.8. The third kappa shape index (κ3) is 56.1. The molecule has 12 rings (SSSR count). The quantitative estimate of drug-likeness (QED) is 0.00820. The average Bonchev–Trinajstić information content (AvgIpc) is 1.16. The SMILES string of the molecule is CC(CI)n1cc(Cl)cn1.CC(CN1CCN(c2ccc(C#N)cc2Cl)[C@H](c2ccc(Cl)cc2)C1)n1cc(Cl)cn1.CC(CO)n1cc(Cl)cn1.CC(COS(C)(=O)=O)n1cc(Cl)cn1.CCC#N.CCOC(=O)C(C)Br.CCOC(=O)C(C)n1cc(Cl)cn1.CS(=O)(=O)Cl.Clc1cn[nH]c1.N#Cc1ccc(N2CCNC[C@H]2c2ccc(Cl)cc2)c(Cl)c1.O=CO[O-].[H-].[I-].[K+].[K+].[Na+]. The number of ether oxygens (including phenoxy) is 2. The number of H-pyrrole nitrogens is 1. The molecule has 704 valence electrons. The minimum Gasteiger partial charge on any atom is -1.00 e. The van der Waals surface area contributed by atoms with Gasteiger partial charge in [0, 0.05) is 115 Å². The van der Waals surface area contributed by atoms with E-state index in [9.17, 15) is 31.7 Å². The first-order valence-electron chi connectivity index (χ1n) is 38.0. The fourth-order valence-electron chi connectivity index (χ4n) is 10.4. The Morgan fingerprint density at radius 1 is 0.603 bits per heavy atom. The molecule has 8 heterocycles. The number of nitriles is 3.